The molecule has 2 rings (SSSR count). The van der Waals surface area contributed by atoms with E-state index in [1.165, 1.54) is 0 Å². The van der Waals surface area contributed by atoms with E-state index < -0.39 is 0 Å². The third kappa shape index (κ3) is 3.85. The van der Waals surface area contributed by atoms with Crippen molar-refractivity contribution >= 4 is 45.8 Å². The van der Waals surface area contributed by atoms with E-state index in [4.69, 9.17) is 11.6 Å². The van der Waals surface area contributed by atoms with Crippen LogP contribution in [0.1, 0.15) is 23.2 Å². The Kier molecular flexibility index (Phi) is 6.60. The van der Waals surface area contributed by atoms with Gasteiger partial charge in [0.05, 0.1) is 5.02 Å². The van der Waals surface area contributed by atoms with Gasteiger partial charge in [-0.1, -0.05) is 11.6 Å². The maximum atomic E-state index is 12.4. The first kappa shape index (κ1) is 16.8. The number of likely N-dealkylation sites (N-methyl/N-ethyl adjacent to an activating group) is 1. The highest BCUT2D eigenvalue weighted by molar-refractivity contribution is 9.10. The van der Waals surface area contributed by atoms with E-state index in [1.54, 1.807) is 6.07 Å². The number of carbonyl (C=O) groups is 1. The van der Waals surface area contributed by atoms with Crippen molar-refractivity contribution in [3.63, 3.8) is 0 Å². The smallest absolute Gasteiger partial charge is 0.254 e. The number of benzene rings is 1. The molecule has 1 heterocycles. The maximum Gasteiger partial charge on any atom is 0.254 e. The van der Waals surface area contributed by atoms with E-state index in [0.29, 0.717) is 16.6 Å². The first-order valence-electron chi connectivity index (χ1n) is 6.04. The average Bonchev–Trinajstić information content (AvgIpc) is 2.80. The Hall–Kier alpha value is -0.290. The molecule has 1 unspecified atom stereocenters. The van der Waals surface area contributed by atoms with E-state index in [-0.39, 0.29) is 18.3 Å². The maximum absolute atomic E-state index is 12.4. The van der Waals surface area contributed by atoms with Crippen molar-refractivity contribution in [2.75, 3.05) is 20.1 Å². The summed E-state index contributed by atoms with van der Waals surface area (Å²) in [5.74, 6) is 0.0714. The SMILES string of the molecule is CNCC1CCCN1C(=O)c1ccc(Br)c(Cl)c1.Cl. The minimum Gasteiger partial charge on any atom is -0.334 e. The van der Waals surface area contributed by atoms with Crippen molar-refractivity contribution in [1.29, 1.82) is 0 Å². The van der Waals surface area contributed by atoms with Crippen LogP contribution in [0.4, 0.5) is 0 Å². The molecule has 0 spiro atoms. The molecule has 0 aliphatic carbocycles. The fraction of sp³-hybridized carbons (Fsp3) is 0.462. The Labute approximate surface area is 133 Å². The Morgan fingerprint density at radius 3 is 2.95 bits per heavy atom. The predicted octanol–water partition coefficient (Wildman–Crippen LogP) is 3.35. The number of nitrogens with one attached hydrogen (secondary N) is 1. The van der Waals surface area contributed by atoms with Crippen LogP contribution >= 0.6 is 39.9 Å². The van der Waals surface area contributed by atoms with Crippen LogP contribution in [-0.4, -0.2) is 37.0 Å². The lowest BCUT2D eigenvalue weighted by Crippen LogP contribution is -2.40. The van der Waals surface area contributed by atoms with Gasteiger partial charge < -0.3 is 10.2 Å². The highest BCUT2D eigenvalue weighted by atomic mass is 79.9. The normalized spacial score (nSPS) is 18.3. The molecular weight excluding hydrogens is 351 g/mol. The average molecular weight is 368 g/mol. The number of hydrogen-bond acceptors (Lipinski definition) is 2. The van der Waals surface area contributed by atoms with Crippen molar-refractivity contribution in [2.45, 2.75) is 18.9 Å². The topological polar surface area (TPSA) is 32.3 Å². The standard InChI is InChI=1S/C13H16BrClN2O.ClH/c1-16-8-10-3-2-6-17(10)13(18)9-4-5-11(14)12(15)7-9;/h4-5,7,10,16H,2-3,6,8H2,1H3;1H. The number of halogens is 3. The fourth-order valence-electron chi connectivity index (χ4n) is 2.35. The molecule has 3 nitrogen and oxygen atoms in total. The van der Waals surface area contributed by atoms with Gasteiger partial charge in [-0.25, -0.2) is 0 Å². The summed E-state index contributed by atoms with van der Waals surface area (Å²) in [6.07, 6.45) is 2.14. The molecule has 0 radical (unpaired) electrons. The third-order valence-electron chi connectivity index (χ3n) is 3.24. The Balaban J connectivity index is 0.00000180. The van der Waals surface area contributed by atoms with Gasteiger partial charge in [0.2, 0.25) is 0 Å². The molecule has 1 aromatic rings. The summed E-state index contributed by atoms with van der Waals surface area (Å²) in [7, 11) is 1.91. The number of carbonyl (C=O) groups excluding carboxylic acids is 1. The van der Waals surface area contributed by atoms with E-state index in [1.807, 2.05) is 24.1 Å². The molecule has 1 aromatic carbocycles. The zero-order chi connectivity index (χ0) is 13.1. The second kappa shape index (κ2) is 7.48. The van der Waals surface area contributed by atoms with Crippen molar-refractivity contribution in [3.05, 3.63) is 33.3 Å². The highest BCUT2D eigenvalue weighted by Gasteiger charge is 2.28. The minimum absolute atomic E-state index is 0. The third-order valence-corrected chi connectivity index (χ3v) is 4.48. The molecular formula is C13H17BrCl2N2O. The fourth-order valence-corrected chi connectivity index (χ4v) is 2.77. The van der Waals surface area contributed by atoms with Gasteiger partial charge in [0, 0.05) is 29.2 Å². The minimum atomic E-state index is 0. The molecule has 0 aromatic heterocycles. The van der Waals surface area contributed by atoms with Crippen LogP contribution in [0.15, 0.2) is 22.7 Å². The lowest BCUT2D eigenvalue weighted by atomic mass is 10.1. The predicted molar refractivity (Wildman–Crippen MR) is 84.4 cm³/mol. The highest BCUT2D eigenvalue weighted by Crippen LogP contribution is 2.25. The summed E-state index contributed by atoms with van der Waals surface area (Å²) in [6, 6.07) is 5.65. The molecule has 1 amide bonds. The molecule has 1 aliphatic heterocycles. The summed E-state index contributed by atoms with van der Waals surface area (Å²) in [5.41, 5.74) is 0.659. The summed E-state index contributed by atoms with van der Waals surface area (Å²) in [4.78, 5) is 14.4. The Morgan fingerprint density at radius 1 is 1.58 bits per heavy atom. The van der Waals surface area contributed by atoms with Crippen LogP contribution in [0.5, 0.6) is 0 Å². The molecule has 0 saturated carbocycles. The van der Waals surface area contributed by atoms with Crippen LogP contribution < -0.4 is 5.32 Å². The molecule has 6 heteroatoms. The van der Waals surface area contributed by atoms with Crippen molar-refractivity contribution in [2.24, 2.45) is 0 Å². The van der Waals surface area contributed by atoms with Gasteiger partial charge in [-0.2, -0.15) is 0 Å². The van der Waals surface area contributed by atoms with Gasteiger partial charge >= 0.3 is 0 Å². The number of amides is 1. The molecule has 1 N–H and O–H groups in total. The quantitative estimate of drug-likeness (QED) is 0.888. The molecule has 0 bridgehead atoms. The van der Waals surface area contributed by atoms with Gasteiger partial charge in [0.25, 0.3) is 5.91 Å². The van der Waals surface area contributed by atoms with Crippen molar-refractivity contribution in [3.8, 4) is 0 Å². The van der Waals surface area contributed by atoms with Crippen molar-refractivity contribution < 1.29 is 4.79 Å². The number of hydrogen-bond donors (Lipinski definition) is 1. The zero-order valence-corrected chi connectivity index (χ0v) is 13.8. The van der Waals surface area contributed by atoms with E-state index >= 15 is 0 Å². The van der Waals surface area contributed by atoms with E-state index in [2.05, 4.69) is 21.2 Å². The van der Waals surface area contributed by atoms with Crippen molar-refractivity contribution in [1.82, 2.24) is 10.2 Å². The van der Waals surface area contributed by atoms with E-state index in [9.17, 15) is 4.79 Å². The second-order valence-electron chi connectivity index (χ2n) is 4.48. The van der Waals surface area contributed by atoms with Gasteiger partial charge in [-0.05, 0) is 54.0 Å². The van der Waals surface area contributed by atoms with Gasteiger partial charge in [-0.3, -0.25) is 4.79 Å². The molecule has 1 fully saturated rings. The number of rotatable bonds is 3. The van der Waals surface area contributed by atoms with Gasteiger partial charge in [0.15, 0.2) is 0 Å². The van der Waals surface area contributed by atoms with Crippen LogP contribution in [0.2, 0.25) is 5.02 Å². The van der Waals surface area contributed by atoms with Gasteiger partial charge in [-0.15, -0.1) is 12.4 Å². The Bertz CT molecular complexity index is 456. The molecule has 1 atom stereocenters. The number of likely N-dealkylation sites (tertiary alicyclic amines) is 1. The molecule has 1 saturated heterocycles. The molecule has 106 valence electrons. The zero-order valence-electron chi connectivity index (χ0n) is 10.7. The monoisotopic (exact) mass is 366 g/mol. The first-order chi connectivity index (χ1) is 8.63. The second-order valence-corrected chi connectivity index (χ2v) is 5.74. The molecule has 19 heavy (non-hydrogen) atoms. The summed E-state index contributed by atoms with van der Waals surface area (Å²) >= 11 is 9.36. The summed E-state index contributed by atoms with van der Waals surface area (Å²) in [5, 5.41) is 3.71. The lowest BCUT2D eigenvalue weighted by Gasteiger charge is -2.24. The van der Waals surface area contributed by atoms with Crippen LogP contribution in [-0.2, 0) is 0 Å². The summed E-state index contributed by atoms with van der Waals surface area (Å²) in [6.45, 7) is 1.68. The Morgan fingerprint density at radius 2 is 2.32 bits per heavy atom. The van der Waals surface area contributed by atoms with Crippen LogP contribution in [0.3, 0.4) is 0 Å². The van der Waals surface area contributed by atoms with Crippen LogP contribution in [0.25, 0.3) is 0 Å². The first-order valence-corrected chi connectivity index (χ1v) is 7.21. The number of nitrogens with zero attached hydrogens (tertiary/aromatic N) is 1. The van der Waals surface area contributed by atoms with Crippen LogP contribution in [0, 0.1) is 0 Å². The largest absolute Gasteiger partial charge is 0.334 e. The molecule has 1 aliphatic rings. The van der Waals surface area contributed by atoms with Gasteiger partial charge in [0.1, 0.15) is 0 Å². The summed E-state index contributed by atoms with van der Waals surface area (Å²) < 4.78 is 0.814. The van der Waals surface area contributed by atoms with E-state index in [0.717, 1.165) is 30.4 Å². The lowest BCUT2D eigenvalue weighted by molar-refractivity contribution is 0.0737.